The maximum absolute atomic E-state index is 13.9. The Morgan fingerprint density at radius 3 is 2.43 bits per heavy atom. The van der Waals surface area contributed by atoms with Crippen molar-refractivity contribution in [3.05, 3.63) is 66.0 Å². The van der Waals surface area contributed by atoms with E-state index in [9.17, 15) is 9.50 Å². The Morgan fingerprint density at radius 2 is 1.67 bits per heavy atom. The van der Waals surface area contributed by atoms with E-state index in [1.54, 1.807) is 13.0 Å². The molecule has 0 saturated heterocycles. The predicted molar refractivity (Wildman–Crippen MR) is 83.6 cm³/mol. The molecule has 1 N–H and O–H groups in total. The van der Waals surface area contributed by atoms with Gasteiger partial charge in [0.05, 0.1) is 0 Å². The Morgan fingerprint density at radius 1 is 0.905 bits per heavy atom. The second-order valence-corrected chi connectivity index (χ2v) is 4.82. The Kier molecular flexibility index (Phi) is 3.33. The lowest BCUT2D eigenvalue weighted by Gasteiger charge is -2.06. The summed E-state index contributed by atoms with van der Waals surface area (Å²) in [6.45, 7) is 1.81. The van der Waals surface area contributed by atoms with Crippen LogP contribution in [0.2, 0.25) is 0 Å². The molecule has 3 aromatic rings. The number of rotatable bonds is 1. The molecule has 0 aliphatic rings. The molecule has 0 saturated carbocycles. The molecule has 0 unspecified atom stereocenters. The van der Waals surface area contributed by atoms with Gasteiger partial charge < -0.3 is 5.11 Å². The molecule has 0 atom stereocenters. The quantitative estimate of drug-likeness (QED) is 0.637. The van der Waals surface area contributed by atoms with E-state index in [1.165, 1.54) is 6.07 Å². The van der Waals surface area contributed by atoms with Gasteiger partial charge in [0.2, 0.25) is 0 Å². The summed E-state index contributed by atoms with van der Waals surface area (Å²) in [5, 5.41) is 11.4. The van der Waals surface area contributed by atoms with Crippen molar-refractivity contribution in [2.75, 3.05) is 0 Å². The zero-order valence-corrected chi connectivity index (χ0v) is 11.5. The smallest absolute Gasteiger partial charge is 0.134 e. The van der Waals surface area contributed by atoms with Crippen molar-refractivity contribution >= 4 is 10.8 Å². The van der Waals surface area contributed by atoms with E-state index in [0.717, 1.165) is 28.0 Å². The lowest BCUT2D eigenvalue weighted by atomic mass is 9.99. The first-order valence-electron chi connectivity index (χ1n) is 6.63. The minimum Gasteiger partial charge on any atom is -0.508 e. The van der Waals surface area contributed by atoms with Crippen LogP contribution >= 0.6 is 0 Å². The van der Waals surface area contributed by atoms with Gasteiger partial charge >= 0.3 is 0 Å². The van der Waals surface area contributed by atoms with Gasteiger partial charge in [-0.1, -0.05) is 24.1 Å². The van der Waals surface area contributed by atoms with E-state index in [2.05, 4.69) is 11.8 Å². The zero-order chi connectivity index (χ0) is 14.8. The van der Waals surface area contributed by atoms with Crippen molar-refractivity contribution in [3.8, 4) is 28.7 Å². The maximum Gasteiger partial charge on any atom is 0.134 e. The number of aromatic hydroxyl groups is 1. The predicted octanol–water partition coefficient (Wildman–Crippen LogP) is 4.72. The molecule has 0 fully saturated rings. The summed E-state index contributed by atoms with van der Waals surface area (Å²) in [6, 6.07) is 15.9. The van der Waals surface area contributed by atoms with Gasteiger partial charge in [-0.3, -0.25) is 0 Å². The van der Waals surface area contributed by atoms with Gasteiger partial charge in [0.1, 0.15) is 11.6 Å². The highest BCUT2D eigenvalue weighted by molar-refractivity contribution is 5.88. The second kappa shape index (κ2) is 5.30. The van der Waals surface area contributed by atoms with Crippen molar-refractivity contribution in [2.24, 2.45) is 0 Å². The number of hydrogen-bond acceptors (Lipinski definition) is 1. The van der Waals surface area contributed by atoms with E-state index in [0.29, 0.717) is 5.56 Å². The Balaban J connectivity index is 2.12. The fourth-order valence-electron chi connectivity index (χ4n) is 2.37. The third-order valence-corrected chi connectivity index (χ3v) is 3.37. The first kappa shape index (κ1) is 13.2. The number of phenolic OH excluding ortho intramolecular Hbond substituents is 1. The first-order chi connectivity index (χ1) is 10.2. The molecule has 21 heavy (non-hydrogen) atoms. The highest BCUT2D eigenvalue weighted by Crippen LogP contribution is 2.28. The molecular formula is C19H13FO. The van der Waals surface area contributed by atoms with Gasteiger partial charge in [0.25, 0.3) is 0 Å². The second-order valence-electron chi connectivity index (χ2n) is 4.82. The molecule has 0 bridgehead atoms. The summed E-state index contributed by atoms with van der Waals surface area (Å²) in [4.78, 5) is 0. The third-order valence-electron chi connectivity index (χ3n) is 3.37. The molecule has 0 aromatic heterocycles. The van der Waals surface area contributed by atoms with Gasteiger partial charge in [-0.05, 0) is 53.6 Å². The molecule has 0 amide bonds. The van der Waals surface area contributed by atoms with Crippen molar-refractivity contribution in [2.45, 2.75) is 6.92 Å². The van der Waals surface area contributed by atoms with Crippen LogP contribution in [-0.2, 0) is 0 Å². The summed E-state index contributed by atoms with van der Waals surface area (Å²) in [5.41, 5.74) is 2.23. The van der Waals surface area contributed by atoms with E-state index in [4.69, 9.17) is 0 Å². The molecule has 0 aliphatic carbocycles. The SMILES string of the molecule is CC#Cc1ccc2cc(-c3ccc(O)cc3F)ccc2c1. The largest absolute Gasteiger partial charge is 0.508 e. The summed E-state index contributed by atoms with van der Waals surface area (Å²) >= 11 is 0. The standard InChI is InChI=1S/C19H13FO/c1-2-3-13-4-5-15-11-16(7-6-14(15)10-13)18-9-8-17(21)12-19(18)20/h4-12,21H,1H3. The van der Waals surface area contributed by atoms with Crippen molar-refractivity contribution in [1.29, 1.82) is 0 Å². The topological polar surface area (TPSA) is 20.2 Å². The number of phenols is 1. The van der Waals surface area contributed by atoms with Crippen LogP contribution in [-0.4, -0.2) is 5.11 Å². The molecule has 0 spiro atoms. The fraction of sp³-hybridized carbons (Fsp3) is 0.0526. The van der Waals surface area contributed by atoms with Crippen molar-refractivity contribution in [3.63, 3.8) is 0 Å². The molecule has 102 valence electrons. The van der Waals surface area contributed by atoms with Crippen LogP contribution in [0, 0.1) is 17.7 Å². The van der Waals surface area contributed by atoms with Crippen molar-refractivity contribution in [1.82, 2.24) is 0 Å². The molecule has 0 heterocycles. The first-order valence-corrected chi connectivity index (χ1v) is 6.63. The Labute approximate surface area is 122 Å². The molecule has 1 nitrogen and oxygen atoms in total. The minimum atomic E-state index is -0.428. The highest BCUT2D eigenvalue weighted by Gasteiger charge is 2.07. The van der Waals surface area contributed by atoms with Crippen LogP contribution < -0.4 is 0 Å². The summed E-state index contributed by atoms with van der Waals surface area (Å²) in [6.07, 6.45) is 0. The minimum absolute atomic E-state index is 0.0696. The highest BCUT2D eigenvalue weighted by atomic mass is 19.1. The fourth-order valence-corrected chi connectivity index (χ4v) is 2.37. The lowest BCUT2D eigenvalue weighted by Crippen LogP contribution is -1.85. The number of benzene rings is 3. The number of hydrogen-bond donors (Lipinski definition) is 1. The van der Waals surface area contributed by atoms with Gasteiger partial charge in [-0.15, -0.1) is 5.92 Å². The van der Waals surface area contributed by atoms with Crippen LogP contribution in [0.4, 0.5) is 4.39 Å². The monoisotopic (exact) mass is 276 g/mol. The average molecular weight is 276 g/mol. The molecule has 0 aliphatic heterocycles. The van der Waals surface area contributed by atoms with E-state index >= 15 is 0 Å². The van der Waals surface area contributed by atoms with E-state index < -0.39 is 5.82 Å². The van der Waals surface area contributed by atoms with Gasteiger partial charge in [-0.2, -0.15) is 0 Å². The van der Waals surface area contributed by atoms with Crippen LogP contribution in [0.1, 0.15) is 12.5 Å². The molecule has 3 aromatic carbocycles. The third kappa shape index (κ3) is 2.59. The zero-order valence-electron chi connectivity index (χ0n) is 11.5. The summed E-state index contributed by atoms with van der Waals surface area (Å²) in [7, 11) is 0. The van der Waals surface area contributed by atoms with Gasteiger partial charge in [-0.25, -0.2) is 4.39 Å². The Bertz CT molecular complexity index is 885. The number of fused-ring (bicyclic) bond motifs is 1. The average Bonchev–Trinajstić information content (AvgIpc) is 2.47. The van der Waals surface area contributed by atoms with Gasteiger partial charge in [0, 0.05) is 17.2 Å². The van der Waals surface area contributed by atoms with Crippen LogP contribution in [0.3, 0.4) is 0 Å². The normalized spacial score (nSPS) is 10.2. The summed E-state index contributed by atoms with van der Waals surface area (Å²) < 4.78 is 13.9. The van der Waals surface area contributed by atoms with Crippen LogP contribution in [0.25, 0.3) is 21.9 Å². The molecule has 0 radical (unpaired) electrons. The lowest BCUT2D eigenvalue weighted by molar-refractivity contribution is 0.469. The van der Waals surface area contributed by atoms with Crippen LogP contribution in [0.5, 0.6) is 5.75 Å². The summed E-state index contributed by atoms with van der Waals surface area (Å²) in [5.74, 6) is 5.40. The molecule has 3 rings (SSSR count). The van der Waals surface area contributed by atoms with E-state index in [1.807, 2.05) is 36.4 Å². The van der Waals surface area contributed by atoms with Crippen molar-refractivity contribution < 1.29 is 9.50 Å². The Hall–Kier alpha value is -2.79. The van der Waals surface area contributed by atoms with E-state index in [-0.39, 0.29) is 5.75 Å². The molecular weight excluding hydrogens is 263 g/mol. The van der Waals surface area contributed by atoms with Gasteiger partial charge in [0.15, 0.2) is 0 Å². The maximum atomic E-state index is 13.9. The molecule has 2 heteroatoms. The van der Waals surface area contributed by atoms with Crippen LogP contribution in [0.15, 0.2) is 54.6 Å². The number of halogens is 1.